The van der Waals surface area contributed by atoms with Crippen LogP contribution in [0.2, 0.25) is 0 Å². The third-order valence-electron chi connectivity index (χ3n) is 3.28. The van der Waals surface area contributed by atoms with Gasteiger partial charge in [0.1, 0.15) is 0 Å². The van der Waals surface area contributed by atoms with Crippen molar-refractivity contribution in [2.45, 2.75) is 6.92 Å². The third kappa shape index (κ3) is 1.58. The molecule has 0 heterocycles. The van der Waals surface area contributed by atoms with Crippen LogP contribution in [-0.2, 0) is 0 Å². The second-order valence-corrected chi connectivity index (χ2v) is 4.32. The minimum atomic E-state index is 0.695. The van der Waals surface area contributed by atoms with Crippen LogP contribution in [0, 0.1) is 6.92 Å². The van der Waals surface area contributed by atoms with Crippen LogP contribution in [0.25, 0.3) is 32.0 Å². The summed E-state index contributed by atoms with van der Waals surface area (Å²) < 4.78 is 0. The maximum Gasteiger partial charge on any atom is 0.0410 e. The van der Waals surface area contributed by atoms with Gasteiger partial charge in [0, 0.05) is 10.6 Å². The summed E-state index contributed by atoms with van der Waals surface area (Å²) in [5.41, 5.74) is 10.3. The molecule has 0 amide bonds. The van der Waals surface area contributed by atoms with Crippen LogP contribution in [-0.4, -0.2) is 0 Å². The van der Waals surface area contributed by atoms with Gasteiger partial charge in [-0.15, -0.1) is 0 Å². The van der Waals surface area contributed by atoms with Crippen molar-refractivity contribution in [2.75, 3.05) is 0 Å². The highest BCUT2D eigenvalue weighted by molar-refractivity contribution is 6.00. The largest absolute Gasteiger partial charge is 0.0616 e. The van der Waals surface area contributed by atoms with Crippen molar-refractivity contribution in [3.63, 3.8) is 0 Å². The van der Waals surface area contributed by atoms with Gasteiger partial charge in [0.05, 0.1) is 0 Å². The average Bonchev–Trinajstić information content (AvgIpc) is 2.41. The van der Waals surface area contributed by atoms with E-state index in [1.807, 2.05) is 31.2 Å². The summed E-state index contributed by atoms with van der Waals surface area (Å²) in [7, 11) is 0. The number of hydrogen-bond acceptors (Lipinski definition) is 1. The Kier molecular flexibility index (Phi) is 2.40. The number of aryl methyl sites for hydroxylation is 1. The Morgan fingerprint density at radius 2 is 1.67 bits per heavy atom. The van der Waals surface area contributed by atoms with Gasteiger partial charge in [-0.25, -0.2) is 0 Å². The number of nitrogens with zero attached hydrogens (tertiary/aromatic N) is 3. The van der Waals surface area contributed by atoms with E-state index in [1.165, 1.54) is 16.2 Å². The van der Waals surface area contributed by atoms with Crippen LogP contribution in [0.3, 0.4) is 0 Å². The van der Waals surface area contributed by atoms with E-state index in [2.05, 4.69) is 34.3 Å². The third-order valence-corrected chi connectivity index (χ3v) is 3.28. The molecule has 3 aromatic carbocycles. The molecular formula is C15H11N3. The van der Waals surface area contributed by atoms with Gasteiger partial charge < -0.3 is 0 Å². The van der Waals surface area contributed by atoms with E-state index in [0.29, 0.717) is 5.69 Å². The standard InChI is InChI=1S/C15H11N3/c1-10-14-9-12-5-3-2-4-11(12)8-13(14)6-7-15(10)17-18-16/h2-9H,1H3. The van der Waals surface area contributed by atoms with Crippen LogP contribution in [0.5, 0.6) is 0 Å². The van der Waals surface area contributed by atoms with E-state index in [1.54, 1.807) is 0 Å². The molecule has 86 valence electrons. The molecule has 0 saturated heterocycles. The second-order valence-electron chi connectivity index (χ2n) is 4.32. The molecule has 0 aliphatic rings. The van der Waals surface area contributed by atoms with Crippen molar-refractivity contribution in [1.82, 2.24) is 0 Å². The molecule has 3 nitrogen and oxygen atoms in total. The Hall–Kier alpha value is -2.51. The van der Waals surface area contributed by atoms with Gasteiger partial charge in [-0.2, -0.15) is 0 Å². The number of rotatable bonds is 1. The SMILES string of the molecule is Cc1c(N=[N+]=[N-])ccc2cc3ccccc3cc12. The molecule has 0 aliphatic carbocycles. The van der Waals surface area contributed by atoms with Gasteiger partial charge in [-0.05, 0) is 51.7 Å². The summed E-state index contributed by atoms with van der Waals surface area (Å²) >= 11 is 0. The molecule has 0 bridgehead atoms. The topological polar surface area (TPSA) is 48.8 Å². The van der Waals surface area contributed by atoms with Crippen molar-refractivity contribution in [3.8, 4) is 0 Å². The normalized spacial score (nSPS) is 10.5. The molecule has 3 heteroatoms. The van der Waals surface area contributed by atoms with Crippen molar-refractivity contribution in [1.29, 1.82) is 0 Å². The van der Waals surface area contributed by atoms with Crippen LogP contribution < -0.4 is 0 Å². The molecule has 3 rings (SSSR count). The lowest BCUT2D eigenvalue weighted by Crippen LogP contribution is -1.81. The smallest absolute Gasteiger partial charge is 0.0410 e. The summed E-state index contributed by atoms with van der Waals surface area (Å²) in [6.45, 7) is 1.99. The van der Waals surface area contributed by atoms with E-state index < -0.39 is 0 Å². The van der Waals surface area contributed by atoms with E-state index in [4.69, 9.17) is 5.53 Å². The lowest BCUT2D eigenvalue weighted by atomic mass is 9.99. The van der Waals surface area contributed by atoms with E-state index >= 15 is 0 Å². The molecule has 0 spiro atoms. The number of azide groups is 1. The Labute approximate surface area is 104 Å². The predicted octanol–water partition coefficient (Wildman–Crippen LogP) is 5.24. The van der Waals surface area contributed by atoms with E-state index in [0.717, 1.165) is 10.9 Å². The molecule has 3 aromatic rings. The van der Waals surface area contributed by atoms with E-state index in [9.17, 15) is 0 Å². The van der Waals surface area contributed by atoms with Gasteiger partial charge in [-0.1, -0.05) is 41.5 Å². The monoisotopic (exact) mass is 233 g/mol. The van der Waals surface area contributed by atoms with Gasteiger partial charge >= 0.3 is 0 Å². The van der Waals surface area contributed by atoms with Crippen LogP contribution in [0.4, 0.5) is 5.69 Å². The highest BCUT2D eigenvalue weighted by atomic mass is 15.1. The molecule has 0 fully saturated rings. The molecule has 18 heavy (non-hydrogen) atoms. The zero-order chi connectivity index (χ0) is 12.5. The first kappa shape index (κ1) is 10.6. The van der Waals surface area contributed by atoms with Crippen molar-refractivity contribution < 1.29 is 0 Å². The van der Waals surface area contributed by atoms with Crippen molar-refractivity contribution in [2.24, 2.45) is 5.11 Å². The number of hydrogen-bond donors (Lipinski definition) is 0. The van der Waals surface area contributed by atoms with Crippen molar-refractivity contribution in [3.05, 3.63) is 64.5 Å². The van der Waals surface area contributed by atoms with Crippen LogP contribution >= 0.6 is 0 Å². The van der Waals surface area contributed by atoms with Crippen molar-refractivity contribution >= 4 is 27.2 Å². The average molecular weight is 233 g/mol. The van der Waals surface area contributed by atoms with Gasteiger partial charge in [0.25, 0.3) is 0 Å². The van der Waals surface area contributed by atoms with Gasteiger partial charge in [-0.3, -0.25) is 0 Å². The summed E-state index contributed by atoms with van der Waals surface area (Å²) in [5, 5.41) is 8.45. The Morgan fingerprint density at radius 3 is 2.39 bits per heavy atom. The Morgan fingerprint density at radius 1 is 0.944 bits per heavy atom. The predicted molar refractivity (Wildman–Crippen MR) is 75.0 cm³/mol. The summed E-state index contributed by atoms with van der Waals surface area (Å²) in [5.74, 6) is 0. The molecule has 0 saturated carbocycles. The maximum absolute atomic E-state index is 8.55. The highest BCUT2D eigenvalue weighted by Crippen LogP contribution is 2.30. The highest BCUT2D eigenvalue weighted by Gasteiger charge is 2.03. The molecule has 0 N–H and O–H groups in total. The zero-order valence-electron chi connectivity index (χ0n) is 9.96. The maximum atomic E-state index is 8.55. The van der Waals surface area contributed by atoms with Gasteiger partial charge in [0.15, 0.2) is 0 Å². The minimum Gasteiger partial charge on any atom is -0.0616 e. The summed E-state index contributed by atoms with van der Waals surface area (Å²) in [6.07, 6.45) is 0. The molecular weight excluding hydrogens is 222 g/mol. The van der Waals surface area contributed by atoms with E-state index in [-0.39, 0.29) is 0 Å². The number of benzene rings is 3. The molecule has 0 aliphatic heterocycles. The first-order chi connectivity index (χ1) is 8.79. The molecule has 0 aromatic heterocycles. The van der Waals surface area contributed by atoms with Crippen LogP contribution in [0.15, 0.2) is 53.6 Å². The molecule has 0 radical (unpaired) electrons. The van der Waals surface area contributed by atoms with Gasteiger partial charge in [0.2, 0.25) is 0 Å². The number of fused-ring (bicyclic) bond motifs is 2. The first-order valence-electron chi connectivity index (χ1n) is 5.77. The second kappa shape index (κ2) is 4.06. The fraction of sp³-hybridized carbons (Fsp3) is 0.0667. The Bertz CT molecular complexity index is 799. The molecule has 0 atom stereocenters. The lowest BCUT2D eigenvalue weighted by Gasteiger charge is -2.07. The fourth-order valence-electron chi connectivity index (χ4n) is 2.31. The summed E-state index contributed by atoms with van der Waals surface area (Å²) in [6, 6.07) is 16.4. The molecule has 0 unspecified atom stereocenters. The Balaban J connectivity index is 2.43. The minimum absolute atomic E-state index is 0.695. The first-order valence-corrected chi connectivity index (χ1v) is 5.77. The lowest BCUT2D eigenvalue weighted by molar-refractivity contribution is 1.41. The fourth-order valence-corrected chi connectivity index (χ4v) is 2.31. The van der Waals surface area contributed by atoms with Crippen LogP contribution in [0.1, 0.15) is 5.56 Å². The zero-order valence-corrected chi connectivity index (χ0v) is 9.96. The summed E-state index contributed by atoms with van der Waals surface area (Å²) in [4.78, 5) is 2.86. The quantitative estimate of drug-likeness (QED) is 0.239.